The number of nitrogens with one attached hydrogen (secondary N) is 1. The minimum atomic E-state index is -0.806. The normalized spacial score (nSPS) is 12.7. The minimum Gasteiger partial charge on any atom is -0.467 e. The second-order valence-electron chi connectivity index (χ2n) is 5.45. The maximum atomic E-state index is 11.7. The van der Waals surface area contributed by atoms with E-state index in [0.717, 1.165) is 5.56 Å². The van der Waals surface area contributed by atoms with Crippen LogP contribution in [0.15, 0.2) is 12.4 Å². The molecule has 1 N–H and O–H groups in total. The molecule has 0 bridgehead atoms. The summed E-state index contributed by atoms with van der Waals surface area (Å²) in [5, 5.41) is 6.52. The van der Waals surface area contributed by atoms with Crippen molar-refractivity contribution >= 4 is 12.1 Å². The molecule has 1 rings (SSSR count). The SMILES string of the molecule is COC(=O)C(Cc1cnn(C)c1)NC(=O)OC(C)(C)C. The first-order valence-corrected chi connectivity index (χ1v) is 6.26. The summed E-state index contributed by atoms with van der Waals surface area (Å²) in [6, 6.07) is -0.806. The van der Waals surface area contributed by atoms with E-state index in [-0.39, 0.29) is 0 Å². The van der Waals surface area contributed by atoms with Gasteiger partial charge in [-0.3, -0.25) is 4.68 Å². The molecule has 112 valence electrons. The van der Waals surface area contributed by atoms with Crippen LogP contribution in [0.1, 0.15) is 26.3 Å². The van der Waals surface area contributed by atoms with Crippen LogP contribution in [0.2, 0.25) is 0 Å². The van der Waals surface area contributed by atoms with Crippen molar-refractivity contribution in [3.05, 3.63) is 18.0 Å². The lowest BCUT2D eigenvalue weighted by atomic mass is 10.1. The molecule has 0 aliphatic heterocycles. The average molecular weight is 283 g/mol. The van der Waals surface area contributed by atoms with E-state index in [9.17, 15) is 9.59 Å². The summed E-state index contributed by atoms with van der Waals surface area (Å²) in [6.07, 6.45) is 3.04. The van der Waals surface area contributed by atoms with Crippen molar-refractivity contribution in [2.45, 2.75) is 38.8 Å². The van der Waals surface area contributed by atoms with E-state index in [2.05, 4.69) is 15.2 Å². The van der Waals surface area contributed by atoms with E-state index in [4.69, 9.17) is 4.74 Å². The fraction of sp³-hybridized carbons (Fsp3) is 0.615. The number of hydrogen-bond donors (Lipinski definition) is 1. The highest BCUT2D eigenvalue weighted by molar-refractivity contribution is 5.81. The van der Waals surface area contributed by atoms with Gasteiger partial charge in [0.1, 0.15) is 11.6 Å². The molecule has 1 atom stereocenters. The van der Waals surface area contributed by atoms with Crippen LogP contribution >= 0.6 is 0 Å². The third-order valence-electron chi connectivity index (χ3n) is 2.37. The molecular formula is C13H21N3O4. The lowest BCUT2D eigenvalue weighted by Crippen LogP contribution is -2.45. The Hall–Kier alpha value is -2.05. The predicted octanol–water partition coefficient (Wildman–Crippen LogP) is 1.03. The lowest BCUT2D eigenvalue weighted by Gasteiger charge is -2.22. The number of carbonyl (C=O) groups excluding carboxylic acids is 2. The van der Waals surface area contributed by atoms with E-state index in [1.54, 1.807) is 44.9 Å². The van der Waals surface area contributed by atoms with E-state index >= 15 is 0 Å². The van der Waals surface area contributed by atoms with Crippen LogP contribution in [0.4, 0.5) is 4.79 Å². The quantitative estimate of drug-likeness (QED) is 0.834. The standard InChI is InChI=1S/C13H21N3O4/c1-13(2,3)20-12(18)15-10(11(17)19-5)6-9-7-14-16(4)8-9/h7-8,10H,6H2,1-5H3,(H,15,18). The molecule has 1 unspecified atom stereocenters. The molecule has 20 heavy (non-hydrogen) atoms. The van der Waals surface area contributed by atoms with Crippen LogP contribution in [-0.2, 0) is 27.7 Å². The Kier molecular flexibility index (Phi) is 5.12. The Bertz CT molecular complexity index is 476. The molecule has 0 aliphatic rings. The molecule has 0 aliphatic carbocycles. The van der Waals surface area contributed by atoms with Gasteiger partial charge in [-0.15, -0.1) is 0 Å². The second-order valence-corrected chi connectivity index (χ2v) is 5.45. The fourth-order valence-electron chi connectivity index (χ4n) is 1.60. The van der Waals surface area contributed by atoms with Gasteiger partial charge in [0.15, 0.2) is 0 Å². The highest BCUT2D eigenvalue weighted by atomic mass is 16.6. The zero-order valence-electron chi connectivity index (χ0n) is 12.5. The van der Waals surface area contributed by atoms with Crippen molar-refractivity contribution in [3.63, 3.8) is 0 Å². The van der Waals surface area contributed by atoms with Gasteiger partial charge in [-0.05, 0) is 26.3 Å². The van der Waals surface area contributed by atoms with Gasteiger partial charge in [-0.2, -0.15) is 5.10 Å². The molecule has 0 spiro atoms. The zero-order valence-corrected chi connectivity index (χ0v) is 12.5. The molecule has 7 heteroatoms. The molecular weight excluding hydrogens is 262 g/mol. The number of ether oxygens (including phenoxy) is 2. The van der Waals surface area contributed by atoms with Gasteiger partial charge >= 0.3 is 12.1 Å². The fourth-order valence-corrected chi connectivity index (χ4v) is 1.60. The number of alkyl carbamates (subject to hydrolysis) is 1. The van der Waals surface area contributed by atoms with Gasteiger partial charge < -0.3 is 14.8 Å². The van der Waals surface area contributed by atoms with Crippen molar-refractivity contribution in [2.75, 3.05) is 7.11 Å². The Labute approximate surface area is 118 Å². The van der Waals surface area contributed by atoms with Gasteiger partial charge in [0.25, 0.3) is 0 Å². The first-order chi connectivity index (χ1) is 9.21. The summed E-state index contributed by atoms with van der Waals surface area (Å²) in [7, 11) is 3.05. The summed E-state index contributed by atoms with van der Waals surface area (Å²) >= 11 is 0. The number of hydrogen-bond acceptors (Lipinski definition) is 5. The topological polar surface area (TPSA) is 82.5 Å². The number of aryl methyl sites for hydroxylation is 1. The summed E-state index contributed by atoms with van der Waals surface area (Å²) in [4.78, 5) is 23.4. The number of aromatic nitrogens is 2. The van der Waals surface area contributed by atoms with Crippen LogP contribution < -0.4 is 5.32 Å². The molecule has 1 heterocycles. The number of rotatable bonds is 4. The summed E-state index contributed by atoms with van der Waals surface area (Å²) in [5.41, 5.74) is 0.193. The van der Waals surface area contributed by atoms with Crippen LogP contribution in [0.5, 0.6) is 0 Å². The molecule has 7 nitrogen and oxygen atoms in total. The molecule has 0 fully saturated rings. The number of esters is 1. The zero-order chi connectivity index (χ0) is 15.3. The number of amides is 1. The molecule has 0 aromatic carbocycles. The smallest absolute Gasteiger partial charge is 0.408 e. The van der Waals surface area contributed by atoms with Crippen molar-refractivity contribution in [2.24, 2.45) is 7.05 Å². The van der Waals surface area contributed by atoms with Crippen LogP contribution in [0.3, 0.4) is 0 Å². The third-order valence-corrected chi connectivity index (χ3v) is 2.37. The Balaban J connectivity index is 2.70. The largest absolute Gasteiger partial charge is 0.467 e. The molecule has 0 saturated carbocycles. The molecule has 0 saturated heterocycles. The first kappa shape index (κ1) is 16.0. The minimum absolute atomic E-state index is 0.291. The molecule has 0 radical (unpaired) electrons. The number of carbonyl (C=O) groups is 2. The first-order valence-electron chi connectivity index (χ1n) is 6.26. The number of methoxy groups -OCH3 is 1. The third kappa shape index (κ3) is 5.29. The van der Waals surface area contributed by atoms with Crippen LogP contribution in [0.25, 0.3) is 0 Å². The van der Waals surface area contributed by atoms with Crippen molar-refractivity contribution in [3.8, 4) is 0 Å². The molecule has 1 aromatic heterocycles. The highest BCUT2D eigenvalue weighted by Gasteiger charge is 2.25. The van der Waals surface area contributed by atoms with E-state index in [0.29, 0.717) is 6.42 Å². The average Bonchev–Trinajstić information content (AvgIpc) is 2.70. The molecule has 1 aromatic rings. The predicted molar refractivity (Wildman–Crippen MR) is 72.1 cm³/mol. The van der Waals surface area contributed by atoms with Crippen molar-refractivity contribution < 1.29 is 19.1 Å². The van der Waals surface area contributed by atoms with Gasteiger partial charge in [0, 0.05) is 19.7 Å². The van der Waals surface area contributed by atoms with Gasteiger partial charge in [0.2, 0.25) is 0 Å². The van der Waals surface area contributed by atoms with E-state index in [1.165, 1.54) is 7.11 Å². The highest BCUT2D eigenvalue weighted by Crippen LogP contribution is 2.08. The van der Waals surface area contributed by atoms with E-state index in [1.807, 2.05) is 0 Å². The van der Waals surface area contributed by atoms with Crippen LogP contribution in [-0.4, -0.2) is 40.6 Å². The number of nitrogens with zero attached hydrogens (tertiary/aromatic N) is 2. The summed E-state index contributed by atoms with van der Waals surface area (Å²) in [5.74, 6) is -0.528. The maximum Gasteiger partial charge on any atom is 0.408 e. The Morgan fingerprint density at radius 1 is 1.45 bits per heavy atom. The molecule has 1 amide bonds. The monoisotopic (exact) mass is 283 g/mol. The Morgan fingerprint density at radius 3 is 2.55 bits per heavy atom. The van der Waals surface area contributed by atoms with E-state index < -0.39 is 23.7 Å². The van der Waals surface area contributed by atoms with Gasteiger partial charge in [0.05, 0.1) is 13.3 Å². The van der Waals surface area contributed by atoms with Crippen molar-refractivity contribution in [1.29, 1.82) is 0 Å². The Morgan fingerprint density at radius 2 is 2.10 bits per heavy atom. The van der Waals surface area contributed by atoms with Gasteiger partial charge in [-0.1, -0.05) is 0 Å². The lowest BCUT2D eigenvalue weighted by molar-refractivity contribution is -0.143. The van der Waals surface area contributed by atoms with Gasteiger partial charge in [-0.25, -0.2) is 9.59 Å². The summed E-state index contributed by atoms with van der Waals surface area (Å²) in [6.45, 7) is 5.25. The maximum absolute atomic E-state index is 11.7. The second kappa shape index (κ2) is 6.40. The summed E-state index contributed by atoms with van der Waals surface area (Å²) < 4.78 is 11.4. The van der Waals surface area contributed by atoms with Crippen LogP contribution in [0, 0.1) is 0 Å². The van der Waals surface area contributed by atoms with Crippen molar-refractivity contribution in [1.82, 2.24) is 15.1 Å².